The minimum Gasteiger partial charge on any atom is -0.317 e. The van der Waals surface area contributed by atoms with Crippen LogP contribution in [0.4, 0.5) is 5.69 Å². The summed E-state index contributed by atoms with van der Waals surface area (Å²) in [6, 6.07) is 75.4. The van der Waals surface area contributed by atoms with Crippen molar-refractivity contribution < 1.29 is 0 Å². The molecular formula is C62H34N6S. The zero-order valence-corrected chi connectivity index (χ0v) is 37.5. The Hall–Kier alpha value is -9.40. The lowest BCUT2D eigenvalue weighted by atomic mass is 10.0. The van der Waals surface area contributed by atoms with Crippen molar-refractivity contribution in [2.75, 3.05) is 0 Å². The molecule has 0 amide bonds. The molecule has 0 saturated carbocycles. The number of para-hydroxylation sites is 7. The van der Waals surface area contributed by atoms with Crippen molar-refractivity contribution >= 4 is 124 Å². The Kier molecular flexibility index (Phi) is 7.70. The summed E-state index contributed by atoms with van der Waals surface area (Å²) < 4.78 is 11.6. The summed E-state index contributed by atoms with van der Waals surface area (Å²) in [7, 11) is 0. The van der Waals surface area contributed by atoms with Crippen LogP contribution < -0.4 is 0 Å². The minimum absolute atomic E-state index is 0.374. The SMILES string of the molecule is [C-]#[N+]c1c(-n2c3ccccc3c3ccccc32)c(-n2c3ccccc3c3ccccc32)c(-n2c3ccccc3c3ccccc32)c(C#N)c1-n1c2ccccc2c2c3sc4ccccc4c3ccc21. The number of thiophene rings is 1. The smallest absolute Gasteiger partial charge is 0.237 e. The summed E-state index contributed by atoms with van der Waals surface area (Å²) in [5, 5.41) is 23.4. The van der Waals surface area contributed by atoms with Crippen LogP contribution in [0.25, 0.3) is 135 Å². The minimum atomic E-state index is 0.374. The molecule has 318 valence electrons. The van der Waals surface area contributed by atoms with Crippen molar-refractivity contribution in [3.8, 4) is 28.8 Å². The number of nitriles is 1. The summed E-state index contributed by atoms with van der Waals surface area (Å²) in [6.07, 6.45) is 0. The van der Waals surface area contributed by atoms with Crippen LogP contribution in [0.5, 0.6) is 0 Å². The maximum absolute atomic E-state index is 12.4. The number of nitrogens with zero attached hydrogens (tertiary/aromatic N) is 6. The average Bonchev–Trinajstić information content (AvgIpc) is 4.21. The first-order valence-corrected chi connectivity index (χ1v) is 23.9. The quantitative estimate of drug-likeness (QED) is 0.162. The molecule has 0 radical (unpaired) electrons. The second kappa shape index (κ2) is 14.1. The van der Waals surface area contributed by atoms with Gasteiger partial charge in [-0.15, -0.1) is 11.3 Å². The normalized spacial score (nSPS) is 12.0. The number of fused-ring (bicyclic) bond motifs is 16. The Morgan fingerprint density at radius 3 is 1.16 bits per heavy atom. The molecule has 0 aliphatic carbocycles. The van der Waals surface area contributed by atoms with E-state index in [1.807, 2.05) is 0 Å². The molecule has 0 aliphatic heterocycles. The Labute approximate surface area is 398 Å². The second-order valence-electron chi connectivity index (χ2n) is 17.7. The van der Waals surface area contributed by atoms with E-state index < -0.39 is 0 Å². The Morgan fingerprint density at radius 1 is 0.348 bits per heavy atom. The summed E-state index contributed by atoms with van der Waals surface area (Å²) >= 11 is 1.79. The number of aromatic nitrogens is 4. The van der Waals surface area contributed by atoms with Crippen molar-refractivity contribution in [1.82, 2.24) is 18.3 Å². The van der Waals surface area contributed by atoms with Gasteiger partial charge in [0.15, 0.2) is 0 Å². The molecule has 0 atom stereocenters. The van der Waals surface area contributed by atoms with Crippen LogP contribution in [0.1, 0.15) is 5.56 Å². The predicted molar refractivity (Wildman–Crippen MR) is 288 cm³/mol. The van der Waals surface area contributed by atoms with Gasteiger partial charge in [-0.2, -0.15) is 5.26 Å². The average molecular weight is 895 g/mol. The highest BCUT2D eigenvalue weighted by Crippen LogP contribution is 2.52. The van der Waals surface area contributed by atoms with Crippen molar-refractivity contribution in [2.45, 2.75) is 0 Å². The van der Waals surface area contributed by atoms with Crippen LogP contribution >= 0.6 is 11.3 Å². The highest BCUT2D eigenvalue weighted by atomic mass is 32.1. The molecule has 0 spiro atoms. The summed E-state index contributed by atoms with van der Waals surface area (Å²) in [4.78, 5) is 4.73. The first kappa shape index (κ1) is 37.8. The van der Waals surface area contributed by atoms with Crippen molar-refractivity contribution in [3.05, 3.63) is 223 Å². The van der Waals surface area contributed by atoms with Crippen LogP contribution in [-0.4, -0.2) is 18.3 Å². The van der Waals surface area contributed by atoms with E-state index >= 15 is 0 Å². The molecule has 7 heteroatoms. The highest BCUT2D eigenvalue weighted by molar-refractivity contribution is 7.26. The van der Waals surface area contributed by atoms with Crippen molar-refractivity contribution in [2.24, 2.45) is 0 Å². The molecule has 10 aromatic carbocycles. The third-order valence-electron chi connectivity index (χ3n) is 14.4. The van der Waals surface area contributed by atoms with Gasteiger partial charge in [0.25, 0.3) is 0 Å². The van der Waals surface area contributed by atoms with Gasteiger partial charge in [0.1, 0.15) is 6.07 Å². The number of hydrogen-bond donors (Lipinski definition) is 0. The standard InChI is InChI=1S/C62H34N6S/c1-64-57-58(68-53-32-16-8-25-45(53)56-54(68)35-34-44-43-24-9-17-33-55(43)69-62(44)56)46(36-63)59(65-47-26-10-2-18-37(47)38-19-3-11-27-48(38)65)61(67-51-30-14-6-22-41(51)42-23-7-15-31-52(42)67)60(57)66-49-28-12-4-20-39(49)40-21-5-13-29-50(40)66/h2-35H. The van der Waals surface area contributed by atoms with Gasteiger partial charge < -0.3 is 18.3 Å². The predicted octanol–water partition coefficient (Wildman–Crippen LogP) is 16.9. The van der Waals surface area contributed by atoms with Crippen LogP contribution in [0.2, 0.25) is 0 Å². The third kappa shape index (κ3) is 4.91. The van der Waals surface area contributed by atoms with Gasteiger partial charge >= 0.3 is 0 Å². The van der Waals surface area contributed by atoms with Gasteiger partial charge in [0.05, 0.1) is 79.0 Å². The van der Waals surface area contributed by atoms with Gasteiger partial charge in [0.2, 0.25) is 5.69 Å². The Morgan fingerprint density at radius 2 is 0.710 bits per heavy atom. The Balaban J connectivity index is 1.27. The zero-order valence-electron chi connectivity index (χ0n) is 36.7. The molecule has 0 fully saturated rings. The summed E-state index contributed by atoms with van der Waals surface area (Å²) in [5.74, 6) is 0. The largest absolute Gasteiger partial charge is 0.317 e. The van der Waals surface area contributed by atoms with Gasteiger partial charge in [0, 0.05) is 63.3 Å². The zero-order chi connectivity index (χ0) is 45.5. The van der Waals surface area contributed by atoms with E-state index in [2.05, 4.69) is 231 Å². The summed E-state index contributed by atoms with van der Waals surface area (Å²) in [6.45, 7) is 9.67. The van der Waals surface area contributed by atoms with Crippen LogP contribution in [0, 0.1) is 17.9 Å². The molecule has 0 aliphatic rings. The highest BCUT2D eigenvalue weighted by Gasteiger charge is 2.34. The lowest BCUT2D eigenvalue weighted by Crippen LogP contribution is -2.14. The molecule has 5 heterocycles. The van der Waals surface area contributed by atoms with Crippen LogP contribution in [0.15, 0.2) is 206 Å². The molecule has 6 nitrogen and oxygen atoms in total. The van der Waals surface area contributed by atoms with E-state index in [0.717, 1.165) is 92.9 Å². The van der Waals surface area contributed by atoms with E-state index in [4.69, 9.17) is 4.85 Å². The molecule has 69 heavy (non-hydrogen) atoms. The monoisotopic (exact) mass is 894 g/mol. The molecule has 0 unspecified atom stereocenters. The van der Waals surface area contributed by atoms with Gasteiger partial charge in [-0.25, -0.2) is 4.85 Å². The van der Waals surface area contributed by atoms with Crippen molar-refractivity contribution in [3.63, 3.8) is 0 Å². The second-order valence-corrected chi connectivity index (χ2v) is 18.8. The molecular weight excluding hydrogens is 861 g/mol. The number of rotatable bonds is 4. The van der Waals surface area contributed by atoms with E-state index in [0.29, 0.717) is 28.3 Å². The first-order valence-electron chi connectivity index (χ1n) is 23.0. The fourth-order valence-corrected chi connectivity index (χ4v) is 13.0. The Bertz CT molecular complexity index is 4510. The van der Waals surface area contributed by atoms with Crippen LogP contribution in [-0.2, 0) is 0 Å². The maximum atomic E-state index is 12.4. The van der Waals surface area contributed by atoms with Gasteiger partial charge in [-0.05, 0) is 54.6 Å². The molecule has 0 saturated heterocycles. The first-order chi connectivity index (χ1) is 34.2. The van der Waals surface area contributed by atoms with Gasteiger partial charge in [-0.3, -0.25) is 0 Å². The molecule has 0 N–H and O–H groups in total. The lowest BCUT2D eigenvalue weighted by molar-refractivity contribution is 1.03. The fourth-order valence-electron chi connectivity index (χ4n) is 11.7. The maximum Gasteiger partial charge on any atom is 0.237 e. The molecule has 15 aromatic rings. The topological polar surface area (TPSA) is 47.9 Å². The lowest BCUT2D eigenvalue weighted by Gasteiger charge is -2.27. The van der Waals surface area contributed by atoms with E-state index in [1.165, 1.54) is 20.2 Å². The molecule has 15 rings (SSSR count). The van der Waals surface area contributed by atoms with Gasteiger partial charge in [-0.1, -0.05) is 152 Å². The fraction of sp³-hybridized carbons (Fsp3) is 0. The van der Waals surface area contributed by atoms with E-state index in [9.17, 15) is 11.8 Å². The third-order valence-corrected chi connectivity index (χ3v) is 15.6. The summed E-state index contributed by atoms with van der Waals surface area (Å²) in [5.41, 5.74) is 11.1. The van der Waals surface area contributed by atoms with Crippen molar-refractivity contribution in [1.29, 1.82) is 5.26 Å². The number of benzene rings is 10. The van der Waals surface area contributed by atoms with Crippen LogP contribution in [0.3, 0.4) is 0 Å². The molecule has 5 aromatic heterocycles. The van der Waals surface area contributed by atoms with E-state index in [1.54, 1.807) is 11.3 Å². The molecule has 0 bridgehead atoms. The van der Waals surface area contributed by atoms with E-state index in [-0.39, 0.29) is 0 Å². The number of hydrogen-bond acceptors (Lipinski definition) is 2.